The highest BCUT2D eigenvalue weighted by atomic mass is 32.2. The molecule has 2 rings (SSSR count). The number of hydrogen-bond acceptors (Lipinski definition) is 3. The van der Waals surface area contributed by atoms with Crippen molar-refractivity contribution in [1.29, 1.82) is 0 Å². The molecule has 1 aromatic heterocycles. The van der Waals surface area contributed by atoms with Crippen molar-refractivity contribution in [1.82, 2.24) is 4.98 Å². The Bertz CT molecular complexity index is 720. The molecule has 1 heterocycles. The molecule has 0 saturated carbocycles. The molecule has 2 aromatic rings. The van der Waals surface area contributed by atoms with Crippen molar-refractivity contribution in [3.8, 4) is 0 Å². The third-order valence-corrected chi connectivity index (χ3v) is 4.36. The zero-order valence-electron chi connectivity index (χ0n) is 10.8. The van der Waals surface area contributed by atoms with Gasteiger partial charge in [-0.2, -0.15) is 4.39 Å². The molecule has 7 heteroatoms. The first-order chi connectivity index (χ1) is 9.29. The number of aryl methyl sites for hydroxylation is 2. The standard InChI is InChI=1S/C13H12F2N2O2S/c1-8-5-10(14)6-9(2)13(8)20(18,19)17-11-3-4-12(15)16-7-11/h3-7,17H,1-2H3. The molecule has 0 aliphatic heterocycles. The zero-order valence-corrected chi connectivity index (χ0v) is 11.6. The molecule has 106 valence electrons. The molecule has 0 radical (unpaired) electrons. The van der Waals surface area contributed by atoms with E-state index in [-0.39, 0.29) is 10.6 Å². The maximum absolute atomic E-state index is 13.2. The monoisotopic (exact) mass is 298 g/mol. The Hall–Kier alpha value is -2.02. The fraction of sp³-hybridized carbons (Fsp3) is 0.154. The lowest BCUT2D eigenvalue weighted by Crippen LogP contribution is -2.16. The van der Waals surface area contributed by atoms with Gasteiger partial charge in [-0.15, -0.1) is 0 Å². The van der Waals surface area contributed by atoms with E-state index in [4.69, 9.17) is 0 Å². The lowest BCUT2D eigenvalue weighted by atomic mass is 10.1. The summed E-state index contributed by atoms with van der Waals surface area (Å²) in [6, 6.07) is 4.59. The smallest absolute Gasteiger partial charge is 0.262 e. The van der Waals surface area contributed by atoms with Crippen molar-refractivity contribution in [2.24, 2.45) is 0 Å². The second kappa shape index (κ2) is 5.16. The fourth-order valence-corrected chi connectivity index (χ4v) is 3.46. The van der Waals surface area contributed by atoms with Crippen LogP contribution in [0.15, 0.2) is 35.4 Å². The second-order valence-electron chi connectivity index (χ2n) is 4.34. The number of aromatic nitrogens is 1. The van der Waals surface area contributed by atoms with E-state index in [0.29, 0.717) is 11.1 Å². The number of benzene rings is 1. The molecule has 0 atom stereocenters. The molecular weight excluding hydrogens is 286 g/mol. The first-order valence-corrected chi connectivity index (χ1v) is 7.19. The first kappa shape index (κ1) is 14.4. The maximum atomic E-state index is 13.2. The van der Waals surface area contributed by atoms with E-state index in [1.807, 2.05) is 0 Å². The number of sulfonamides is 1. The van der Waals surface area contributed by atoms with Gasteiger partial charge in [0.1, 0.15) is 5.82 Å². The average molecular weight is 298 g/mol. The van der Waals surface area contributed by atoms with Crippen LogP contribution in [0.4, 0.5) is 14.5 Å². The summed E-state index contributed by atoms with van der Waals surface area (Å²) in [5.74, 6) is -1.20. The molecule has 0 amide bonds. The number of pyridine rings is 1. The Kier molecular flexibility index (Phi) is 3.71. The second-order valence-corrected chi connectivity index (χ2v) is 5.96. The van der Waals surface area contributed by atoms with Gasteiger partial charge in [-0.05, 0) is 49.2 Å². The lowest BCUT2D eigenvalue weighted by molar-refractivity contribution is 0.583. The van der Waals surface area contributed by atoms with Crippen LogP contribution < -0.4 is 4.72 Å². The van der Waals surface area contributed by atoms with Crippen LogP contribution >= 0.6 is 0 Å². The number of halogens is 2. The van der Waals surface area contributed by atoms with Crippen molar-refractivity contribution in [2.75, 3.05) is 4.72 Å². The van der Waals surface area contributed by atoms with Crippen LogP contribution in [0, 0.1) is 25.6 Å². The van der Waals surface area contributed by atoms with Crippen LogP contribution in [0.5, 0.6) is 0 Å². The topological polar surface area (TPSA) is 59.1 Å². The number of anilines is 1. The Balaban J connectivity index is 2.43. The molecule has 0 bridgehead atoms. The molecule has 4 nitrogen and oxygen atoms in total. The summed E-state index contributed by atoms with van der Waals surface area (Å²) in [5.41, 5.74) is 0.727. The molecule has 0 fully saturated rings. The summed E-state index contributed by atoms with van der Waals surface area (Å²) in [6.45, 7) is 3.01. The predicted octanol–water partition coefficient (Wildman–Crippen LogP) is 2.78. The Labute approximate surface area is 115 Å². The van der Waals surface area contributed by atoms with E-state index in [9.17, 15) is 17.2 Å². The van der Waals surface area contributed by atoms with Gasteiger partial charge in [-0.25, -0.2) is 17.8 Å². The first-order valence-electron chi connectivity index (χ1n) is 5.71. The van der Waals surface area contributed by atoms with Crippen LogP contribution in [-0.2, 0) is 10.0 Å². The molecule has 0 saturated heterocycles. The minimum Gasteiger partial charge on any atom is -0.278 e. The number of nitrogens with one attached hydrogen (secondary N) is 1. The van der Waals surface area contributed by atoms with Crippen molar-refractivity contribution < 1.29 is 17.2 Å². The molecule has 20 heavy (non-hydrogen) atoms. The van der Waals surface area contributed by atoms with Crippen LogP contribution in [0.3, 0.4) is 0 Å². The van der Waals surface area contributed by atoms with Crippen LogP contribution in [0.25, 0.3) is 0 Å². The quantitative estimate of drug-likeness (QED) is 0.886. The molecule has 1 N–H and O–H groups in total. The van der Waals surface area contributed by atoms with Crippen LogP contribution in [-0.4, -0.2) is 13.4 Å². The van der Waals surface area contributed by atoms with E-state index in [1.165, 1.54) is 19.9 Å². The Morgan fingerprint density at radius 2 is 1.70 bits per heavy atom. The number of nitrogens with zero attached hydrogens (tertiary/aromatic N) is 1. The van der Waals surface area contributed by atoms with E-state index in [0.717, 1.165) is 24.4 Å². The molecule has 0 spiro atoms. The van der Waals surface area contributed by atoms with Gasteiger partial charge in [0, 0.05) is 0 Å². The number of rotatable bonds is 3. The van der Waals surface area contributed by atoms with Gasteiger partial charge >= 0.3 is 0 Å². The van der Waals surface area contributed by atoms with Gasteiger partial charge in [0.05, 0.1) is 16.8 Å². The van der Waals surface area contributed by atoms with Crippen molar-refractivity contribution in [3.63, 3.8) is 0 Å². The number of hydrogen-bond donors (Lipinski definition) is 1. The van der Waals surface area contributed by atoms with Gasteiger partial charge in [-0.3, -0.25) is 4.72 Å². The molecule has 0 aliphatic rings. The zero-order chi connectivity index (χ0) is 14.9. The summed E-state index contributed by atoms with van der Waals surface area (Å²) < 4.78 is 52.7. The molecular formula is C13H12F2N2O2S. The molecule has 1 aromatic carbocycles. The highest BCUT2D eigenvalue weighted by Gasteiger charge is 2.20. The van der Waals surface area contributed by atoms with Gasteiger partial charge in [0.25, 0.3) is 10.0 Å². The van der Waals surface area contributed by atoms with Crippen LogP contribution in [0.2, 0.25) is 0 Å². The maximum Gasteiger partial charge on any atom is 0.262 e. The largest absolute Gasteiger partial charge is 0.278 e. The van der Waals surface area contributed by atoms with Crippen molar-refractivity contribution in [3.05, 3.63) is 53.4 Å². The van der Waals surface area contributed by atoms with E-state index in [2.05, 4.69) is 9.71 Å². The van der Waals surface area contributed by atoms with Gasteiger partial charge < -0.3 is 0 Å². The minimum atomic E-state index is -3.88. The van der Waals surface area contributed by atoms with E-state index >= 15 is 0 Å². The molecule has 0 aliphatic carbocycles. The van der Waals surface area contributed by atoms with Crippen molar-refractivity contribution in [2.45, 2.75) is 18.7 Å². The normalized spacial score (nSPS) is 11.4. The lowest BCUT2D eigenvalue weighted by Gasteiger charge is -2.12. The highest BCUT2D eigenvalue weighted by molar-refractivity contribution is 7.92. The summed E-state index contributed by atoms with van der Waals surface area (Å²) in [5, 5.41) is 0. The average Bonchev–Trinajstić information content (AvgIpc) is 2.30. The van der Waals surface area contributed by atoms with E-state index in [1.54, 1.807) is 0 Å². The predicted molar refractivity (Wildman–Crippen MR) is 70.9 cm³/mol. The Morgan fingerprint density at radius 3 is 2.20 bits per heavy atom. The van der Waals surface area contributed by atoms with Gasteiger partial charge in [0.15, 0.2) is 0 Å². The highest BCUT2D eigenvalue weighted by Crippen LogP contribution is 2.23. The van der Waals surface area contributed by atoms with Crippen molar-refractivity contribution >= 4 is 15.7 Å². The summed E-state index contributed by atoms with van der Waals surface area (Å²) in [7, 11) is -3.88. The molecule has 0 unspecified atom stereocenters. The third kappa shape index (κ3) is 2.93. The Morgan fingerprint density at radius 1 is 1.10 bits per heavy atom. The van der Waals surface area contributed by atoms with Crippen LogP contribution in [0.1, 0.15) is 11.1 Å². The summed E-state index contributed by atoms with van der Waals surface area (Å²) >= 11 is 0. The SMILES string of the molecule is Cc1cc(F)cc(C)c1S(=O)(=O)Nc1ccc(F)nc1. The fourth-order valence-electron chi connectivity index (χ4n) is 1.96. The minimum absolute atomic E-state index is 0.00299. The summed E-state index contributed by atoms with van der Waals surface area (Å²) in [6.07, 6.45) is 1.07. The van der Waals surface area contributed by atoms with Gasteiger partial charge in [0.2, 0.25) is 5.95 Å². The van der Waals surface area contributed by atoms with E-state index < -0.39 is 21.8 Å². The summed E-state index contributed by atoms with van der Waals surface area (Å²) in [4.78, 5) is 3.37. The van der Waals surface area contributed by atoms with Gasteiger partial charge in [-0.1, -0.05) is 0 Å². The third-order valence-electron chi connectivity index (χ3n) is 2.67.